The molecule has 0 saturated carbocycles. The first-order valence-corrected chi connectivity index (χ1v) is 5.93. The Balaban J connectivity index is 2.19. The molecule has 0 unspecified atom stereocenters. The first-order valence-electron chi connectivity index (χ1n) is 5.55. The SMILES string of the molecule is Cc1ccnc(NCc2ccccc2Cl)c1C#N. The molecular weight excluding hydrogens is 246 g/mol. The van der Waals surface area contributed by atoms with Crippen LogP contribution in [-0.2, 0) is 6.54 Å². The molecule has 0 spiro atoms. The van der Waals surface area contributed by atoms with Gasteiger partial charge < -0.3 is 5.32 Å². The van der Waals surface area contributed by atoms with Crippen LogP contribution in [0.15, 0.2) is 36.5 Å². The van der Waals surface area contributed by atoms with E-state index >= 15 is 0 Å². The first kappa shape index (κ1) is 12.4. The largest absolute Gasteiger partial charge is 0.365 e. The van der Waals surface area contributed by atoms with Gasteiger partial charge >= 0.3 is 0 Å². The number of pyridine rings is 1. The van der Waals surface area contributed by atoms with Crippen LogP contribution in [0.3, 0.4) is 0 Å². The van der Waals surface area contributed by atoms with Crippen LogP contribution in [0.2, 0.25) is 5.02 Å². The number of aryl methyl sites for hydroxylation is 1. The highest BCUT2D eigenvalue weighted by Gasteiger charge is 2.06. The van der Waals surface area contributed by atoms with Crippen LogP contribution < -0.4 is 5.32 Å². The molecule has 0 saturated heterocycles. The summed E-state index contributed by atoms with van der Waals surface area (Å²) >= 11 is 6.07. The van der Waals surface area contributed by atoms with Crippen molar-refractivity contribution in [3.05, 3.63) is 58.2 Å². The number of nitriles is 1. The zero-order valence-electron chi connectivity index (χ0n) is 9.94. The van der Waals surface area contributed by atoms with Gasteiger partial charge in [0, 0.05) is 17.8 Å². The van der Waals surface area contributed by atoms with E-state index in [0.29, 0.717) is 22.9 Å². The number of aromatic nitrogens is 1. The predicted octanol–water partition coefficient (Wildman–Crippen LogP) is 3.53. The number of hydrogen-bond donors (Lipinski definition) is 1. The molecule has 0 bridgehead atoms. The fourth-order valence-electron chi connectivity index (χ4n) is 1.65. The molecule has 0 aliphatic heterocycles. The fraction of sp³-hybridized carbons (Fsp3) is 0.143. The maximum Gasteiger partial charge on any atom is 0.144 e. The second-order valence-corrected chi connectivity index (χ2v) is 4.32. The molecule has 0 amide bonds. The van der Waals surface area contributed by atoms with Gasteiger partial charge in [0.05, 0.1) is 5.56 Å². The van der Waals surface area contributed by atoms with Crippen LogP contribution in [0.4, 0.5) is 5.82 Å². The molecule has 2 rings (SSSR count). The standard InChI is InChI=1S/C14H12ClN3/c1-10-6-7-17-14(12(10)8-16)18-9-11-4-2-3-5-13(11)15/h2-7H,9H2,1H3,(H,17,18). The maximum atomic E-state index is 9.09. The minimum Gasteiger partial charge on any atom is -0.365 e. The van der Waals surface area contributed by atoms with Crippen molar-refractivity contribution in [2.75, 3.05) is 5.32 Å². The smallest absolute Gasteiger partial charge is 0.144 e. The molecule has 0 aliphatic carbocycles. The molecule has 2 aromatic rings. The molecule has 1 aromatic heterocycles. The average Bonchev–Trinajstić information content (AvgIpc) is 2.38. The van der Waals surface area contributed by atoms with Crippen molar-refractivity contribution < 1.29 is 0 Å². The molecule has 0 aliphatic rings. The summed E-state index contributed by atoms with van der Waals surface area (Å²) in [6.45, 7) is 2.44. The summed E-state index contributed by atoms with van der Waals surface area (Å²) in [6.07, 6.45) is 1.69. The molecule has 1 heterocycles. The first-order chi connectivity index (χ1) is 8.72. The van der Waals surface area contributed by atoms with E-state index in [-0.39, 0.29) is 0 Å². The lowest BCUT2D eigenvalue weighted by Crippen LogP contribution is -2.04. The van der Waals surface area contributed by atoms with Gasteiger partial charge in [0.15, 0.2) is 0 Å². The molecule has 4 heteroatoms. The van der Waals surface area contributed by atoms with Crippen molar-refractivity contribution in [1.29, 1.82) is 5.26 Å². The Kier molecular flexibility index (Phi) is 3.81. The Morgan fingerprint density at radius 2 is 2.11 bits per heavy atom. The van der Waals surface area contributed by atoms with Gasteiger partial charge in [0.1, 0.15) is 11.9 Å². The molecule has 1 N–H and O–H groups in total. The highest BCUT2D eigenvalue weighted by atomic mass is 35.5. The second kappa shape index (κ2) is 5.52. The van der Waals surface area contributed by atoms with Crippen molar-refractivity contribution in [2.24, 2.45) is 0 Å². The Hall–Kier alpha value is -2.05. The van der Waals surface area contributed by atoms with Crippen LogP contribution in [-0.4, -0.2) is 4.98 Å². The summed E-state index contributed by atoms with van der Waals surface area (Å²) in [6, 6.07) is 11.6. The number of rotatable bonds is 3. The number of benzene rings is 1. The fourth-order valence-corrected chi connectivity index (χ4v) is 1.86. The molecule has 0 fully saturated rings. The number of halogens is 1. The van der Waals surface area contributed by atoms with Crippen molar-refractivity contribution in [2.45, 2.75) is 13.5 Å². The molecule has 1 aromatic carbocycles. The van der Waals surface area contributed by atoms with Gasteiger partial charge in [-0.3, -0.25) is 0 Å². The highest BCUT2D eigenvalue weighted by Crippen LogP contribution is 2.19. The van der Waals surface area contributed by atoms with Crippen LogP contribution in [0, 0.1) is 18.3 Å². The average molecular weight is 258 g/mol. The van der Waals surface area contributed by atoms with Crippen molar-refractivity contribution in [1.82, 2.24) is 4.98 Å². The Labute approximate surface area is 111 Å². The van der Waals surface area contributed by atoms with Gasteiger partial charge in [0.25, 0.3) is 0 Å². The van der Waals surface area contributed by atoms with Crippen molar-refractivity contribution >= 4 is 17.4 Å². The maximum absolute atomic E-state index is 9.09. The van der Waals surface area contributed by atoms with E-state index in [0.717, 1.165) is 11.1 Å². The number of anilines is 1. The molecule has 18 heavy (non-hydrogen) atoms. The third-order valence-electron chi connectivity index (χ3n) is 2.68. The minimum absolute atomic E-state index is 0.546. The highest BCUT2D eigenvalue weighted by molar-refractivity contribution is 6.31. The quantitative estimate of drug-likeness (QED) is 0.915. The van der Waals surface area contributed by atoms with Crippen molar-refractivity contribution in [3.8, 4) is 6.07 Å². The zero-order chi connectivity index (χ0) is 13.0. The predicted molar refractivity (Wildman–Crippen MR) is 72.5 cm³/mol. The van der Waals surface area contributed by atoms with Gasteiger partial charge in [-0.2, -0.15) is 5.26 Å². The van der Waals surface area contributed by atoms with E-state index in [9.17, 15) is 0 Å². The van der Waals surface area contributed by atoms with Crippen LogP contribution in [0.25, 0.3) is 0 Å². The van der Waals surface area contributed by atoms with E-state index < -0.39 is 0 Å². The van der Waals surface area contributed by atoms with E-state index in [2.05, 4.69) is 16.4 Å². The minimum atomic E-state index is 0.546. The summed E-state index contributed by atoms with van der Waals surface area (Å²) in [7, 11) is 0. The normalized spacial score (nSPS) is 9.83. The third kappa shape index (κ3) is 2.61. The van der Waals surface area contributed by atoms with E-state index in [4.69, 9.17) is 16.9 Å². The van der Waals surface area contributed by atoms with E-state index in [1.807, 2.05) is 37.3 Å². The summed E-state index contributed by atoms with van der Waals surface area (Å²) in [4.78, 5) is 4.18. The molecule has 90 valence electrons. The van der Waals surface area contributed by atoms with Gasteiger partial charge in [-0.15, -0.1) is 0 Å². The summed E-state index contributed by atoms with van der Waals surface area (Å²) in [5.74, 6) is 0.595. The third-order valence-corrected chi connectivity index (χ3v) is 3.04. The summed E-state index contributed by atoms with van der Waals surface area (Å²) in [5.41, 5.74) is 2.46. The Morgan fingerprint density at radius 3 is 2.83 bits per heavy atom. The van der Waals surface area contributed by atoms with Crippen LogP contribution >= 0.6 is 11.6 Å². The molecule has 0 radical (unpaired) electrons. The lowest BCUT2D eigenvalue weighted by atomic mass is 10.1. The number of hydrogen-bond acceptors (Lipinski definition) is 3. The number of nitrogens with one attached hydrogen (secondary N) is 1. The van der Waals surface area contributed by atoms with E-state index in [1.165, 1.54) is 0 Å². The zero-order valence-corrected chi connectivity index (χ0v) is 10.7. The van der Waals surface area contributed by atoms with Gasteiger partial charge in [-0.1, -0.05) is 29.8 Å². The van der Waals surface area contributed by atoms with Crippen LogP contribution in [0.5, 0.6) is 0 Å². The van der Waals surface area contributed by atoms with E-state index in [1.54, 1.807) is 6.20 Å². The lowest BCUT2D eigenvalue weighted by Gasteiger charge is -2.09. The van der Waals surface area contributed by atoms with Crippen molar-refractivity contribution in [3.63, 3.8) is 0 Å². The van der Waals surface area contributed by atoms with Gasteiger partial charge in [-0.05, 0) is 30.2 Å². The van der Waals surface area contributed by atoms with Crippen LogP contribution in [0.1, 0.15) is 16.7 Å². The monoisotopic (exact) mass is 257 g/mol. The topological polar surface area (TPSA) is 48.7 Å². The Bertz CT molecular complexity index is 602. The second-order valence-electron chi connectivity index (χ2n) is 3.91. The van der Waals surface area contributed by atoms with Gasteiger partial charge in [-0.25, -0.2) is 4.98 Å². The lowest BCUT2D eigenvalue weighted by molar-refractivity contribution is 1.10. The summed E-state index contributed by atoms with van der Waals surface area (Å²) < 4.78 is 0. The molecule has 3 nitrogen and oxygen atoms in total. The van der Waals surface area contributed by atoms with Gasteiger partial charge in [0.2, 0.25) is 0 Å². The molecule has 0 atom stereocenters. The molecular formula is C14H12ClN3. The summed E-state index contributed by atoms with van der Waals surface area (Å²) in [5, 5.41) is 12.9. The Morgan fingerprint density at radius 1 is 1.33 bits per heavy atom. The number of nitrogens with zero attached hydrogens (tertiary/aromatic N) is 2.